The molecule has 0 aromatic carbocycles. The van der Waals surface area contributed by atoms with Gasteiger partial charge in [0.1, 0.15) is 6.33 Å². The van der Waals surface area contributed by atoms with E-state index in [1.807, 2.05) is 13.0 Å². The highest BCUT2D eigenvalue weighted by Crippen LogP contribution is 2.01. The molecule has 0 saturated carbocycles. The highest BCUT2D eigenvalue weighted by Gasteiger charge is 2.23. The zero-order valence-corrected chi connectivity index (χ0v) is 8.77. The molecule has 2 rings (SSSR count). The molecule has 2 atom stereocenters. The molecular formula is C10H16N4O. The van der Waals surface area contributed by atoms with Gasteiger partial charge in [-0.3, -0.25) is 0 Å². The van der Waals surface area contributed by atoms with E-state index in [-0.39, 0.29) is 12.1 Å². The summed E-state index contributed by atoms with van der Waals surface area (Å²) in [5.74, 6) is 0. The molecule has 0 spiro atoms. The van der Waals surface area contributed by atoms with Crippen LogP contribution in [0, 0.1) is 6.92 Å². The smallest absolute Gasteiger partial charge is 0.115 e. The minimum atomic E-state index is -0.298. The van der Waals surface area contributed by atoms with Crippen LogP contribution >= 0.6 is 0 Å². The molecule has 5 nitrogen and oxygen atoms in total. The van der Waals surface area contributed by atoms with E-state index < -0.39 is 0 Å². The number of aliphatic hydroxyl groups excluding tert-OH is 1. The molecule has 1 aromatic heterocycles. The quantitative estimate of drug-likeness (QED) is 0.607. The number of aliphatic hydroxyl groups is 1. The fourth-order valence-corrected chi connectivity index (χ4v) is 1.72. The Kier molecular flexibility index (Phi) is 3.25. The molecule has 0 aliphatic carbocycles. The number of rotatable bonds is 3. The Hall–Kier alpha value is -1.04. The second-order valence-corrected chi connectivity index (χ2v) is 3.86. The van der Waals surface area contributed by atoms with Gasteiger partial charge in [0.25, 0.3) is 0 Å². The number of aromatic nitrogens is 2. The Morgan fingerprint density at radius 2 is 2.40 bits per heavy atom. The lowest BCUT2D eigenvalue weighted by Gasteiger charge is -2.14. The molecule has 15 heavy (non-hydrogen) atoms. The van der Waals surface area contributed by atoms with E-state index in [4.69, 9.17) is 0 Å². The molecule has 1 aliphatic heterocycles. The molecular weight excluding hydrogens is 192 g/mol. The topological polar surface area (TPSA) is 70.1 Å². The second-order valence-electron chi connectivity index (χ2n) is 3.86. The number of hydrogen-bond acceptors (Lipinski definition) is 5. The largest absolute Gasteiger partial charge is 0.390 e. The molecule has 82 valence electrons. The number of aryl methyl sites for hydroxylation is 1. The summed E-state index contributed by atoms with van der Waals surface area (Å²) in [6.07, 6.45) is 1.27. The Labute approximate surface area is 88.9 Å². The predicted octanol–water partition coefficient (Wildman–Crippen LogP) is -0.793. The summed E-state index contributed by atoms with van der Waals surface area (Å²) in [5, 5.41) is 16.0. The van der Waals surface area contributed by atoms with E-state index in [1.54, 1.807) is 6.33 Å². The van der Waals surface area contributed by atoms with Crippen molar-refractivity contribution in [2.45, 2.75) is 25.6 Å². The van der Waals surface area contributed by atoms with Gasteiger partial charge >= 0.3 is 0 Å². The van der Waals surface area contributed by atoms with Crippen molar-refractivity contribution in [1.82, 2.24) is 20.6 Å². The van der Waals surface area contributed by atoms with Crippen molar-refractivity contribution in [3.8, 4) is 0 Å². The predicted molar refractivity (Wildman–Crippen MR) is 56.3 cm³/mol. The molecule has 0 amide bonds. The number of nitrogens with one attached hydrogen (secondary N) is 2. The van der Waals surface area contributed by atoms with Crippen LogP contribution in [0.2, 0.25) is 0 Å². The van der Waals surface area contributed by atoms with E-state index in [0.29, 0.717) is 13.1 Å². The van der Waals surface area contributed by atoms with E-state index in [2.05, 4.69) is 20.6 Å². The Morgan fingerprint density at radius 3 is 3.07 bits per heavy atom. The van der Waals surface area contributed by atoms with Crippen LogP contribution in [-0.4, -0.2) is 40.3 Å². The van der Waals surface area contributed by atoms with Crippen LogP contribution in [0.15, 0.2) is 12.4 Å². The molecule has 1 aromatic rings. The van der Waals surface area contributed by atoms with Crippen LogP contribution in [0.3, 0.4) is 0 Å². The maximum absolute atomic E-state index is 9.56. The minimum Gasteiger partial charge on any atom is -0.390 e. The normalized spacial score (nSPS) is 25.7. The van der Waals surface area contributed by atoms with E-state index in [0.717, 1.165) is 17.9 Å². The minimum absolute atomic E-state index is 0.125. The lowest BCUT2D eigenvalue weighted by Crippen LogP contribution is -2.38. The maximum Gasteiger partial charge on any atom is 0.115 e. The molecule has 1 fully saturated rings. The SMILES string of the molecule is Cc1cc(CN[C@@H]2CNC[C@H]2O)ncn1. The van der Waals surface area contributed by atoms with E-state index in [1.165, 1.54) is 0 Å². The fourth-order valence-electron chi connectivity index (χ4n) is 1.72. The summed E-state index contributed by atoms with van der Waals surface area (Å²) < 4.78 is 0. The summed E-state index contributed by atoms with van der Waals surface area (Å²) >= 11 is 0. The summed E-state index contributed by atoms with van der Waals surface area (Å²) in [6, 6.07) is 2.07. The first kappa shape index (κ1) is 10.5. The van der Waals surface area contributed by atoms with Crippen molar-refractivity contribution >= 4 is 0 Å². The van der Waals surface area contributed by atoms with Crippen LogP contribution in [0.25, 0.3) is 0 Å². The fraction of sp³-hybridized carbons (Fsp3) is 0.600. The van der Waals surface area contributed by atoms with E-state index >= 15 is 0 Å². The van der Waals surface area contributed by atoms with E-state index in [9.17, 15) is 5.11 Å². The number of hydrogen-bond donors (Lipinski definition) is 3. The molecule has 2 heterocycles. The molecule has 0 radical (unpaired) electrons. The van der Waals surface area contributed by atoms with Crippen LogP contribution < -0.4 is 10.6 Å². The monoisotopic (exact) mass is 208 g/mol. The summed E-state index contributed by atoms with van der Waals surface area (Å²) in [7, 11) is 0. The first-order valence-corrected chi connectivity index (χ1v) is 5.15. The van der Waals surface area contributed by atoms with Crippen LogP contribution in [0.5, 0.6) is 0 Å². The number of nitrogens with zero attached hydrogens (tertiary/aromatic N) is 2. The third-order valence-corrected chi connectivity index (χ3v) is 2.59. The number of β-amino-alcohol motifs (C(OH)–C–C–N with tert-alkyl or cyclic N) is 1. The lowest BCUT2D eigenvalue weighted by atomic mass is 10.2. The first-order valence-electron chi connectivity index (χ1n) is 5.15. The Balaban J connectivity index is 1.87. The zero-order chi connectivity index (χ0) is 10.7. The van der Waals surface area contributed by atoms with Crippen LogP contribution in [-0.2, 0) is 6.54 Å². The first-order chi connectivity index (χ1) is 7.25. The third-order valence-electron chi connectivity index (χ3n) is 2.59. The van der Waals surface area contributed by atoms with Crippen molar-refractivity contribution in [1.29, 1.82) is 0 Å². The zero-order valence-electron chi connectivity index (χ0n) is 8.77. The molecule has 5 heteroatoms. The van der Waals surface area contributed by atoms with Gasteiger partial charge in [-0.25, -0.2) is 9.97 Å². The van der Waals surface area contributed by atoms with Crippen molar-refractivity contribution in [2.75, 3.05) is 13.1 Å². The van der Waals surface area contributed by atoms with Gasteiger partial charge in [0, 0.05) is 31.4 Å². The van der Waals surface area contributed by atoms with Gasteiger partial charge in [-0.1, -0.05) is 0 Å². The van der Waals surface area contributed by atoms with Gasteiger partial charge in [-0.15, -0.1) is 0 Å². The lowest BCUT2D eigenvalue weighted by molar-refractivity contribution is 0.162. The highest BCUT2D eigenvalue weighted by atomic mass is 16.3. The summed E-state index contributed by atoms with van der Waals surface area (Å²) in [5.41, 5.74) is 1.92. The Bertz CT molecular complexity index is 331. The van der Waals surface area contributed by atoms with Crippen molar-refractivity contribution < 1.29 is 5.11 Å². The average molecular weight is 208 g/mol. The molecule has 3 N–H and O–H groups in total. The third kappa shape index (κ3) is 2.71. The van der Waals surface area contributed by atoms with Crippen molar-refractivity contribution in [2.24, 2.45) is 0 Å². The van der Waals surface area contributed by atoms with Gasteiger partial charge < -0.3 is 15.7 Å². The van der Waals surface area contributed by atoms with Gasteiger partial charge in [-0.2, -0.15) is 0 Å². The highest BCUT2D eigenvalue weighted by molar-refractivity contribution is 5.06. The van der Waals surface area contributed by atoms with Crippen LogP contribution in [0.1, 0.15) is 11.4 Å². The molecule has 0 bridgehead atoms. The van der Waals surface area contributed by atoms with Gasteiger partial charge in [0.05, 0.1) is 11.8 Å². The average Bonchev–Trinajstić information content (AvgIpc) is 2.61. The summed E-state index contributed by atoms with van der Waals surface area (Å²) in [4.78, 5) is 8.18. The molecule has 1 saturated heterocycles. The molecule has 0 unspecified atom stereocenters. The van der Waals surface area contributed by atoms with Gasteiger partial charge in [0.2, 0.25) is 0 Å². The van der Waals surface area contributed by atoms with Gasteiger partial charge in [0.15, 0.2) is 0 Å². The summed E-state index contributed by atoms with van der Waals surface area (Å²) in [6.45, 7) is 4.09. The molecule has 1 aliphatic rings. The van der Waals surface area contributed by atoms with Crippen LogP contribution in [0.4, 0.5) is 0 Å². The standard InChI is InChI=1S/C10H16N4O/c1-7-2-8(14-6-13-7)3-12-9-4-11-5-10(9)15/h2,6,9-12,15H,3-5H2,1H3/t9-,10-/m1/s1. The van der Waals surface area contributed by atoms with Crippen molar-refractivity contribution in [3.05, 3.63) is 23.8 Å². The van der Waals surface area contributed by atoms with Crippen molar-refractivity contribution in [3.63, 3.8) is 0 Å². The Morgan fingerprint density at radius 1 is 1.53 bits per heavy atom. The van der Waals surface area contributed by atoms with Gasteiger partial charge in [-0.05, 0) is 13.0 Å². The maximum atomic E-state index is 9.56. The second kappa shape index (κ2) is 4.65.